The van der Waals surface area contributed by atoms with Crippen molar-refractivity contribution in [3.63, 3.8) is 0 Å². The summed E-state index contributed by atoms with van der Waals surface area (Å²) in [7, 11) is 1.74. The Morgan fingerprint density at radius 1 is 1.40 bits per heavy atom. The van der Waals surface area contributed by atoms with Gasteiger partial charge < -0.3 is 35.2 Å². The number of carbonyl (C=O) groups excluding carboxylic acids is 2. The number of aromatic nitrogens is 1. The van der Waals surface area contributed by atoms with Crippen LogP contribution in [0.25, 0.3) is 16.6 Å². The number of carbonyl (C=O) groups is 2. The van der Waals surface area contributed by atoms with Gasteiger partial charge in [0.2, 0.25) is 5.91 Å². The summed E-state index contributed by atoms with van der Waals surface area (Å²) < 4.78 is 25.7. The maximum absolute atomic E-state index is 15.1. The van der Waals surface area contributed by atoms with E-state index in [1.807, 2.05) is 0 Å². The van der Waals surface area contributed by atoms with E-state index >= 15 is 4.39 Å². The van der Waals surface area contributed by atoms with Gasteiger partial charge in [0.05, 0.1) is 29.6 Å². The predicted octanol–water partition coefficient (Wildman–Crippen LogP) is 1.59. The van der Waals surface area contributed by atoms with Gasteiger partial charge in [-0.1, -0.05) is 6.92 Å². The zero-order valence-electron chi connectivity index (χ0n) is 22.8. The van der Waals surface area contributed by atoms with Gasteiger partial charge in [-0.2, -0.15) is 0 Å². The molecule has 4 heterocycles. The summed E-state index contributed by atoms with van der Waals surface area (Å²) in [6.45, 7) is 4.07. The third kappa shape index (κ3) is 3.72. The van der Waals surface area contributed by atoms with E-state index in [1.54, 1.807) is 36.8 Å². The number of ether oxygens (including phenoxy) is 2. The molecular formula is C29H33FN4O6. The van der Waals surface area contributed by atoms with Crippen LogP contribution in [0.15, 0.2) is 23.3 Å². The summed E-state index contributed by atoms with van der Waals surface area (Å²) in [4.78, 5) is 34.0. The van der Waals surface area contributed by atoms with E-state index < -0.39 is 17.8 Å². The van der Waals surface area contributed by atoms with Gasteiger partial charge in [-0.3, -0.25) is 4.79 Å². The van der Waals surface area contributed by atoms with E-state index in [4.69, 9.17) is 20.2 Å². The fourth-order valence-corrected chi connectivity index (χ4v) is 6.59. The zero-order valence-corrected chi connectivity index (χ0v) is 22.8. The summed E-state index contributed by atoms with van der Waals surface area (Å²) >= 11 is 0. The minimum absolute atomic E-state index is 0.0689. The van der Waals surface area contributed by atoms with Crippen molar-refractivity contribution in [2.45, 2.75) is 57.5 Å². The summed E-state index contributed by atoms with van der Waals surface area (Å²) in [5.74, 6) is -1.31. The highest BCUT2D eigenvalue weighted by Crippen LogP contribution is 2.50. The summed E-state index contributed by atoms with van der Waals surface area (Å²) in [6, 6.07) is 1.09. The number of fused-ring (bicyclic) bond motifs is 4. The Balaban J connectivity index is 1.54. The number of rotatable bonds is 6. The second-order valence-electron chi connectivity index (χ2n) is 10.9. The molecule has 6 rings (SSSR count). The number of benzene rings is 1. The molecule has 3 atom stereocenters. The highest BCUT2D eigenvalue weighted by molar-refractivity contribution is 5.94. The Morgan fingerprint density at radius 3 is 2.90 bits per heavy atom. The van der Waals surface area contributed by atoms with Crippen molar-refractivity contribution in [2.24, 2.45) is 5.73 Å². The summed E-state index contributed by atoms with van der Waals surface area (Å²) in [5.41, 5.74) is 9.00. The summed E-state index contributed by atoms with van der Waals surface area (Å²) in [5, 5.41) is 23.5. The van der Waals surface area contributed by atoms with Gasteiger partial charge in [0, 0.05) is 48.3 Å². The molecule has 0 spiro atoms. The first kappa shape index (κ1) is 26.8. The lowest BCUT2D eigenvalue weighted by Crippen LogP contribution is -2.50. The quantitative estimate of drug-likeness (QED) is 0.360. The van der Waals surface area contributed by atoms with E-state index in [9.17, 15) is 19.8 Å². The Morgan fingerprint density at radius 2 is 2.17 bits per heavy atom. The molecule has 0 saturated heterocycles. The van der Waals surface area contributed by atoms with Crippen LogP contribution < -0.4 is 5.73 Å². The van der Waals surface area contributed by atoms with E-state index in [-0.39, 0.29) is 50.6 Å². The molecule has 3 aliphatic heterocycles. The highest BCUT2D eigenvalue weighted by Gasteiger charge is 2.50. The average molecular weight is 553 g/mol. The molecular weight excluding hydrogens is 519 g/mol. The standard InChI is InChI=1S/C29H33FN4O6/c1-4-29(38)18-9-22-26-16(11-34(22)27(36)17(18)12-40-28(29)37)25-21(33(3)23(35)13-39-8-7-31)6-5-15-14(2)19(30)10-20(32-26)24(15)25/h9-10,21,27,36,38H,4-8,11-13,31H2,1-3H3/t21-,27?,29-/m0/s1. The molecule has 4 aliphatic rings. The third-order valence-electron chi connectivity index (χ3n) is 8.86. The first-order chi connectivity index (χ1) is 19.1. The lowest BCUT2D eigenvalue weighted by Gasteiger charge is -2.40. The molecule has 0 bridgehead atoms. The zero-order chi connectivity index (χ0) is 28.5. The second-order valence-corrected chi connectivity index (χ2v) is 10.9. The van der Waals surface area contributed by atoms with Crippen LogP contribution >= 0.6 is 0 Å². The molecule has 1 amide bonds. The van der Waals surface area contributed by atoms with E-state index in [0.29, 0.717) is 53.0 Å². The van der Waals surface area contributed by atoms with Crippen LogP contribution in [0.4, 0.5) is 4.39 Å². The number of halogens is 1. The number of aryl methyl sites for hydroxylation is 1. The molecule has 11 heteroatoms. The normalized spacial score (nSPS) is 24.9. The number of amides is 1. The van der Waals surface area contributed by atoms with Crippen molar-refractivity contribution in [3.05, 3.63) is 57.1 Å². The fraction of sp³-hybridized carbons (Fsp3) is 0.483. The molecule has 40 heavy (non-hydrogen) atoms. The van der Waals surface area contributed by atoms with Crippen molar-refractivity contribution < 1.29 is 33.7 Å². The van der Waals surface area contributed by atoms with Crippen LogP contribution in [-0.2, 0) is 32.0 Å². The minimum atomic E-state index is -1.89. The number of pyridine rings is 1. The third-order valence-corrected chi connectivity index (χ3v) is 8.86. The van der Waals surface area contributed by atoms with Crippen molar-refractivity contribution in [2.75, 3.05) is 33.4 Å². The Hall–Kier alpha value is -3.38. The molecule has 0 fully saturated rings. The van der Waals surface area contributed by atoms with Crippen molar-refractivity contribution in [1.82, 2.24) is 14.8 Å². The van der Waals surface area contributed by atoms with E-state index in [0.717, 1.165) is 22.1 Å². The average Bonchev–Trinajstić information content (AvgIpc) is 3.32. The topological polar surface area (TPSA) is 138 Å². The van der Waals surface area contributed by atoms with Gasteiger partial charge in [0.15, 0.2) is 11.8 Å². The molecule has 4 N–H and O–H groups in total. The summed E-state index contributed by atoms with van der Waals surface area (Å²) in [6.07, 6.45) is 1.76. The second kappa shape index (κ2) is 9.62. The number of esters is 1. The van der Waals surface area contributed by atoms with Gasteiger partial charge in [0.1, 0.15) is 19.0 Å². The minimum Gasteiger partial charge on any atom is -0.459 e. The van der Waals surface area contributed by atoms with Gasteiger partial charge in [-0.25, -0.2) is 14.2 Å². The van der Waals surface area contributed by atoms with E-state index in [1.165, 1.54) is 6.07 Å². The number of nitrogens with two attached hydrogens (primary N) is 1. The van der Waals surface area contributed by atoms with Crippen LogP contribution in [0.5, 0.6) is 0 Å². The molecule has 0 saturated carbocycles. The first-order valence-electron chi connectivity index (χ1n) is 13.6. The molecule has 1 aromatic heterocycles. The lowest BCUT2D eigenvalue weighted by molar-refractivity contribution is -0.164. The number of cyclic esters (lactones) is 1. The van der Waals surface area contributed by atoms with Crippen molar-refractivity contribution in [3.8, 4) is 0 Å². The molecule has 212 valence electrons. The van der Waals surface area contributed by atoms with Gasteiger partial charge in [-0.05, 0) is 49.0 Å². The lowest BCUT2D eigenvalue weighted by atomic mass is 9.81. The van der Waals surface area contributed by atoms with Gasteiger partial charge in [0.25, 0.3) is 0 Å². The molecule has 1 aliphatic carbocycles. The Labute approximate surface area is 230 Å². The molecule has 10 nitrogen and oxygen atoms in total. The SMILES string of the molecule is CC[C@@]1(O)C(=O)OCC2=C1C=C1c3nc4cc(F)c(C)c5c4c(c3CN1C2O)[C@@H](N(C)C(=O)COCCN)CC5. The highest BCUT2D eigenvalue weighted by atomic mass is 19.1. The maximum Gasteiger partial charge on any atom is 0.343 e. The molecule has 1 aromatic carbocycles. The number of likely N-dealkylation sites (N-methyl/N-ethyl adjacent to an activating group) is 1. The molecule has 2 aromatic rings. The van der Waals surface area contributed by atoms with Gasteiger partial charge in [-0.15, -0.1) is 0 Å². The number of aliphatic hydroxyl groups excluding tert-OH is 1. The number of aliphatic hydroxyl groups is 2. The fourth-order valence-electron chi connectivity index (χ4n) is 6.59. The predicted molar refractivity (Wildman–Crippen MR) is 143 cm³/mol. The molecule has 1 unspecified atom stereocenters. The largest absolute Gasteiger partial charge is 0.459 e. The van der Waals surface area contributed by atoms with Crippen molar-refractivity contribution >= 4 is 28.5 Å². The van der Waals surface area contributed by atoms with E-state index in [2.05, 4.69) is 0 Å². The smallest absolute Gasteiger partial charge is 0.343 e. The Bertz CT molecular complexity index is 1520. The number of hydrogen-bond donors (Lipinski definition) is 3. The van der Waals surface area contributed by atoms with Gasteiger partial charge >= 0.3 is 5.97 Å². The Kier molecular flexibility index (Phi) is 6.45. The van der Waals surface area contributed by atoms with Crippen molar-refractivity contribution in [1.29, 1.82) is 0 Å². The number of nitrogens with zero attached hydrogens (tertiary/aromatic N) is 3. The van der Waals surface area contributed by atoms with Crippen LogP contribution in [-0.4, -0.2) is 82.1 Å². The number of hydrogen-bond acceptors (Lipinski definition) is 9. The monoisotopic (exact) mass is 552 g/mol. The molecule has 0 radical (unpaired) electrons. The first-order valence-corrected chi connectivity index (χ1v) is 13.6. The maximum atomic E-state index is 15.1. The van der Waals surface area contributed by atoms with Crippen LogP contribution in [0.3, 0.4) is 0 Å². The van der Waals surface area contributed by atoms with Crippen LogP contribution in [0.1, 0.15) is 53.8 Å². The van der Waals surface area contributed by atoms with Crippen LogP contribution in [0.2, 0.25) is 0 Å². The van der Waals surface area contributed by atoms with Crippen LogP contribution in [0, 0.1) is 12.7 Å².